The number of nitrogens with one attached hydrogen (secondary N) is 1. The number of carbonyl (C=O) groups is 1. The molecule has 0 saturated heterocycles. The monoisotopic (exact) mass is 262 g/mol. The highest BCUT2D eigenvalue weighted by Crippen LogP contribution is 2.18. The molecule has 0 aromatic heterocycles. The van der Waals surface area contributed by atoms with Gasteiger partial charge in [0, 0.05) is 5.69 Å². The molecule has 1 rings (SSSR count). The third-order valence-electron chi connectivity index (χ3n) is 1.84. The van der Waals surface area contributed by atoms with Crippen molar-refractivity contribution in [1.29, 1.82) is 0 Å². The molecule has 0 radical (unpaired) electrons. The molecule has 0 bridgehead atoms. The van der Waals surface area contributed by atoms with Crippen LogP contribution in [0.25, 0.3) is 0 Å². The van der Waals surface area contributed by atoms with Crippen molar-refractivity contribution in [2.24, 2.45) is 0 Å². The van der Waals surface area contributed by atoms with Gasteiger partial charge in [-0.05, 0) is 18.2 Å². The van der Waals surface area contributed by atoms with Crippen LogP contribution >= 0.6 is 0 Å². The Balaban J connectivity index is 2.83. The molecule has 0 aliphatic heterocycles. The average molecular weight is 262 g/mol. The molecule has 0 atom stereocenters. The van der Waals surface area contributed by atoms with E-state index >= 15 is 0 Å². The number of carboxylic acid groups (broad SMARTS) is 1. The van der Waals surface area contributed by atoms with Crippen LogP contribution in [-0.4, -0.2) is 25.2 Å². The Hall–Kier alpha value is -1.83. The van der Waals surface area contributed by atoms with Crippen molar-refractivity contribution in [3.8, 4) is 0 Å². The molecule has 0 aliphatic rings. The molecule has 0 amide bonds. The number of carboxylic acids is 1. The number of nitrogen functional groups attached to an aromatic ring is 1. The Labute approximate surface area is 97.3 Å². The van der Waals surface area contributed by atoms with E-state index in [1.807, 2.05) is 4.72 Å². The molecule has 1 aromatic carbocycles. The molecule has 0 unspecified atom stereocenters. The van der Waals surface area contributed by atoms with Gasteiger partial charge in [0.1, 0.15) is 5.82 Å². The summed E-state index contributed by atoms with van der Waals surface area (Å²) in [4.78, 5) is 10.2. The summed E-state index contributed by atoms with van der Waals surface area (Å²) in [6, 6.07) is 3.42. The van der Waals surface area contributed by atoms with Gasteiger partial charge in [-0.3, -0.25) is 9.52 Å². The summed E-state index contributed by atoms with van der Waals surface area (Å²) in [5.74, 6) is -2.65. The molecule has 17 heavy (non-hydrogen) atoms. The molecule has 0 fully saturated rings. The Morgan fingerprint density at radius 1 is 1.47 bits per heavy atom. The maximum absolute atomic E-state index is 13.2. The first-order valence-electron chi connectivity index (χ1n) is 4.57. The number of anilines is 2. The van der Waals surface area contributed by atoms with E-state index < -0.39 is 34.0 Å². The number of rotatable bonds is 5. The molecular formula is C9H11FN2O4S. The van der Waals surface area contributed by atoms with Crippen LogP contribution in [0.15, 0.2) is 18.2 Å². The largest absolute Gasteiger partial charge is 0.481 e. The normalized spacial score (nSPS) is 11.1. The summed E-state index contributed by atoms with van der Waals surface area (Å²) < 4.78 is 37.9. The standard InChI is InChI=1S/C9H11FN2O4S/c10-7-2-1-6(11)5-8(7)12-17(15,16)4-3-9(13)14/h1-2,5,12H,3-4,11H2,(H,13,14). The average Bonchev–Trinajstić information content (AvgIpc) is 2.20. The fraction of sp³-hybridized carbons (Fsp3) is 0.222. The van der Waals surface area contributed by atoms with Gasteiger partial charge < -0.3 is 10.8 Å². The Kier molecular flexibility index (Phi) is 3.89. The molecule has 0 spiro atoms. The van der Waals surface area contributed by atoms with E-state index in [2.05, 4.69) is 0 Å². The van der Waals surface area contributed by atoms with Crippen molar-refractivity contribution < 1.29 is 22.7 Å². The zero-order valence-corrected chi connectivity index (χ0v) is 9.50. The molecule has 94 valence electrons. The minimum Gasteiger partial charge on any atom is -0.481 e. The number of sulfonamides is 1. The van der Waals surface area contributed by atoms with Crippen LogP contribution < -0.4 is 10.5 Å². The maximum atomic E-state index is 13.2. The van der Waals surface area contributed by atoms with Crippen LogP contribution in [0.3, 0.4) is 0 Å². The highest BCUT2D eigenvalue weighted by Gasteiger charge is 2.15. The van der Waals surface area contributed by atoms with Gasteiger partial charge in [0.05, 0.1) is 17.9 Å². The van der Waals surface area contributed by atoms with Gasteiger partial charge in [-0.15, -0.1) is 0 Å². The van der Waals surface area contributed by atoms with Gasteiger partial charge >= 0.3 is 5.97 Å². The van der Waals surface area contributed by atoms with Crippen LogP contribution in [0.1, 0.15) is 6.42 Å². The van der Waals surface area contributed by atoms with E-state index in [4.69, 9.17) is 10.8 Å². The highest BCUT2D eigenvalue weighted by molar-refractivity contribution is 7.92. The number of hydrogen-bond donors (Lipinski definition) is 3. The maximum Gasteiger partial charge on any atom is 0.304 e. The minimum atomic E-state index is -3.90. The molecule has 0 heterocycles. The zero-order chi connectivity index (χ0) is 13.1. The Bertz CT molecular complexity index is 530. The highest BCUT2D eigenvalue weighted by atomic mass is 32.2. The van der Waals surface area contributed by atoms with Crippen molar-refractivity contribution in [2.75, 3.05) is 16.2 Å². The van der Waals surface area contributed by atoms with Crippen LogP contribution in [0, 0.1) is 5.82 Å². The zero-order valence-electron chi connectivity index (χ0n) is 8.68. The third-order valence-corrected chi connectivity index (χ3v) is 3.11. The van der Waals surface area contributed by atoms with E-state index in [-0.39, 0.29) is 11.4 Å². The molecule has 1 aromatic rings. The summed E-state index contributed by atoms with van der Waals surface area (Å²) in [7, 11) is -3.90. The lowest BCUT2D eigenvalue weighted by molar-refractivity contribution is -0.136. The van der Waals surface area contributed by atoms with Crippen molar-refractivity contribution in [1.82, 2.24) is 0 Å². The predicted octanol–water partition coefficient (Wildman–Crippen LogP) is 0.624. The van der Waals surface area contributed by atoms with Gasteiger partial charge in [0.25, 0.3) is 0 Å². The molecule has 0 saturated carbocycles. The predicted molar refractivity (Wildman–Crippen MR) is 60.5 cm³/mol. The van der Waals surface area contributed by atoms with Crippen molar-refractivity contribution in [3.63, 3.8) is 0 Å². The summed E-state index contributed by atoms with van der Waals surface area (Å²) >= 11 is 0. The molecular weight excluding hydrogens is 251 g/mol. The number of benzene rings is 1. The molecule has 6 nitrogen and oxygen atoms in total. The second kappa shape index (κ2) is 5.00. The summed E-state index contributed by atoms with van der Waals surface area (Å²) in [6.07, 6.45) is -0.556. The number of halogens is 1. The summed E-state index contributed by atoms with van der Waals surface area (Å²) in [6.45, 7) is 0. The van der Waals surface area contributed by atoms with Gasteiger partial charge in [0.2, 0.25) is 10.0 Å². The van der Waals surface area contributed by atoms with E-state index in [9.17, 15) is 17.6 Å². The summed E-state index contributed by atoms with van der Waals surface area (Å²) in [5, 5.41) is 8.36. The van der Waals surface area contributed by atoms with Crippen LogP contribution in [0.2, 0.25) is 0 Å². The fourth-order valence-corrected chi connectivity index (χ4v) is 2.10. The SMILES string of the molecule is Nc1ccc(F)c(NS(=O)(=O)CCC(=O)O)c1. The van der Waals surface area contributed by atoms with Crippen molar-refractivity contribution in [2.45, 2.75) is 6.42 Å². The number of aliphatic carboxylic acids is 1. The van der Waals surface area contributed by atoms with E-state index in [1.165, 1.54) is 6.07 Å². The van der Waals surface area contributed by atoms with E-state index in [1.54, 1.807) is 0 Å². The third kappa shape index (κ3) is 4.27. The first-order chi connectivity index (χ1) is 7.80. The second-order valence-electron chi connectivity index (χ2n) is 3.30. The summed E-state index contributed by atoms with van der Waals surface area (Å²) in [5.41, 5.74) is 5.27. The van der Waals surface area contributed by atoms with Crippen LogP contribution in [0.5, 0.6) is 0 Å². The fourth-order valence-electron chi connectivity index (χ4n) is 1.06. The lowest BCUT2D eigenvalue weighted by Gasteiger charge is -2.08. The lowest BCUT2D eigenvalue weighted by atomic mass is 10.3. The van der Waals surface area contributed by atoms with Gasteiger partial charge in [0.15, 0.2) is 0 Å². The molecule has 8 heteroatoms. The Morgan fingerprint density at radius 3 is 2.71 bits per heavy atom. The first kappa shape index (κ1) is 13.2. The van der Waals surface area contributed by atoms with E-state index in [0.29, 0.717) is 0 Å². The van der Waals surface area contributed by atoms with Crippen LogP contribution in [0.4, 0.5) is 15.8 Å². The minimum absolute atomic E-state index is 0.197. The van der Waals surface area contributed by atoms with Crippen LogP contribution in [-0.2, 0) is 14.8 Å². The topological polar surface area (TPSA) is 109 Å². The quantitative estimate of drug-likeness (QED) is 0.674. The first-order valence-corrected chi connectivity index (χ1v) is 6.23. The molecule has 4 N–H and O–H groups in total. The number of hydrogen-bond acceptors (Lipinski definition) is 4. The second-order valence-corrected chi connectivity index (χ2v) is 5.15. The Morgan fingerprint density at radius 2 is 2.12 bits per heavy atom. The van der Waals surface area contributed by atoms with Gasteiger partial charge in [-0.25, -0.2) is 12.8 Å². The number of nitrogens with two attached hydrogens (primary N) is 1. The van der Waals surface area contributed by atoms with Gasteiger partial charge in [-0.2, -0.15) is 0 Å². The van der Waals surface area contributed by atoms with Crippen molar-refractivity contribution in [3.05, 3.63) is 24.0 Å². The molecule has 0 aliphatic carbocycles. The van der Waals surface area contributed by atoms with Crippen molar-refractivity contribution >= 4 is 27.4 Å². The smallest absolute Gasteiger partial charge is 0.304 e. The lowest BCUT2D eigenvalue weighted by Crippen LogP contribution is -2.19. The van der Waals surface area contributed by atoms with Gasteiger partial charge in [-0.1, -0.05) is 0 Å². The van der Waals surface area contributed by atoms with E-state index in [0.717, 1.165) is 12.1 Å².